The first-order valence-electron chi connectivity index (χ1n) is 6.64. The Kier molecular flexibility index (Phi) is 4.26. The molecule has 1 aromatic carbocycles. The number of ether oxygens (including phenoxy) is 1. The standard InChI is InChI=1S/C15H22O/c1-2-13-8-7-11-15(12-13)16-14-9-5-3-4-6-10-14/h7-8,11-12,14H,2-6,9-10H2,1H3. The van der Waals surface area contributed by atoms with Crippen molar-refractivity contribution in [2.24, 2.45) is 0 Å². The van der Waals surface area contributed by atoms with Gasteiger partial charge in [-0.05, 0) is 49.8 Å². The Balaban J connectivity index is 1.96. The molecule has 2 rings (SSSR count). The van der Waals surface area contributed by atoms with Gasteiger partial charge < -0.3 is 4.74 Å². The topological polar surface area (TPSA) is 9.23 Å². The second-order valence-electron chi connectivity index (χ2n) is 4.73. The number of hydrogen-bond acceptors (Lipinski definition) is 1. The van der Waals surface area contributed by atoms with Crippen LogP contribution in [-0.4, -0.2) is 6.10 Å². The molecule has 1 aliphatic carbocycles. The molecule has 0 saturated heterocycles. The van der Waals surface area contributed by atoms with E-state index >= 15 is 0 Å². The van der Waals surface area contributed by atoms with Crippen LogP contribution in [-0.2, 0) is 6.42 Å². The van der Waals surface area contributed by atoms with E-state index in [1.807, 2.05) is 0 Å². The smallest absolute Gasteiger partial charge is 0.119 e. The predicted octanol–water partition coefficient (Wildman–Crippen LogP) is 4.35. The highest BCUT2D eigenvalue weighted by Gasteiger charge is 2.13. The van der Waals surface area contributed by atoms with Crippen molar-refractivity contribution in [2.75, 3.05) is 0 Å². The van der Waals surface area contributed by atoms with Crippen LogP contribution in [0.1, 0.15) is 51.0 Å². The highest BCUT2D eigenvalue weighted by atomic mass is 16.5. The third kappa shape index (κ3) is 3.26. The van der Waals surface area contributed by atoms with Gasteiger partial charge in [0.15, 0.2) is 0 Å². The summed E-state index contributed by atoms with van der Waals surface area (Å²) in [7, 11) is 0. The molecule has 1 aliphatic rings. The van der Waals surface area contributed by atoms with Crippen LogP contribution in [0, 0.1) is 0 Å². The zero-order chi connectivity index (χ0) is 11.2. The van der Waals surface area contributed by atoms with Gasteiger partial charge in [0.25, 0.3) is 0 Å². The number of benzene rings is 1. The molecular weight excluding hydrogens is 196 g/mol. The predicted molar refractivity (Wildman–Crippen MR) is 67.9 cm³/mol. The molecule has 0 atom stereocenters. The summed E-state index contributed by atoms with van der Waals surface area (Å²) in [5.41, 5.74) is 1.37. The molecule has 0 aromatic heterocycles. The molecule has 1 saturated carbocycles. The fraction of sp³-hybridized carbons (Fsp3) is 0.600. The first-order valence-corrected chi connectivity index (χ1v) is 6.64. The van der Waals surface area contributed by atoms with Gasteiger partial charge in [-0.3, -0.25) is 0 Å². The van der Waals surface area contributed by atoms with Gasteiger partial charge in [-0.25, -0.2) is 0 Å². The van der Waals surface area contributed by atoms with Gasteiger partial charge in [0.2, 0.25) is 0 Å². The quantitative estimate of drug-likeness (QED) is 0.685. The molecule has 0 N–H and O–H groups in total. The largest absolute Gasteiger partial charge is 0.490 e. The fourth-order valence-corrected chi connectivity index (χ4v) is 2.39. The Morgan fingerprint density at radius 2 is 1.88 bits per heavy atom. The van der Waals surface area contributed by atoms with Crippen molar-refractivity contribution in [3.63, 3.8) is 0 Å². The van der Waals surface area contributed by atoms with E-state index in [0.29, 0.717) is 6.10 Å². The molecule has 0 bridgehead atoms. The van der Waals surface area contributed by atoms with Crippen LogP contribution in [0.15, 0.2) is 24.3 Å². The van der Waals surface area contributed by atoms with Crippen molar-refractivity contribution >= 4 is 0 Å². The number of hydrogen-bond donors (Lipinski definition) is 0. The molecule has 0 radical (unpaired) electrons. The van der Waals surface area contributed by atoms with Crippen molar-refractivity contribution in [1.29, 1.82) is 0 Å². The van der Waals surface area contributed by atoms with Crippen LogP contribution in [0.3, 0.4) is 0 Å². The van der Waals surface area contributed by atoms with Gasteiger partial charge in [0.05, 0.1) is 6.10 Å². The van der Waals surface area contributed by atoms with E-state index in [1.165, 1.54) is 44.1 Å². The van der Waals surface area contributed by atoms with Gasteiger partial charge in [-0.2, -0.15) is 0 Å². The summed E-state index contributed by atoms with van der Waals surface area (Å²) in [4.78, 5) is 0. The maximum Gasteiger partial charge on any atom is 0.119 e. The Labute approximate surface area is 98.8 Å². The lowest BCUT2D eigenvalue weighted by Gasteiger charge is -2.17. The second kappa shape index (κ2) is 5.93. The maximum atomic E-state index is 6.08. The summed E-state index contributed by atoms with van der Waals surface area (Å²) in [6.45, 7) is 2.19. The minimum Gasteiger partial charge on any atom is -0.490 e. The molecule has 0 aliphatic heterocycles. The summed E-state index contributed by atoms with van der Waals surface area (Å²) in [6, 6.07) is 8.54. The zero-order valence-corrected chi connectivity index (χ0v) is 10.2. The minimum absolute atomic E-state index is 0.453. The van der Waals surface area contributed by atoms with Crippen LogP contribution in [0.4, 0.5) is 0 Å². The Morgan fingerprint density at radius 3 is 2.56 bits per heavy atom. The minimum atomic E-state index is 0.453. The molecule has 88 valence electrons. The molecule has 0 amide bonds. The van der Waals surface area contributed by atoms with Crippen molar-refractivity contribution in [1.82, 2.24) is 0 Å². The molecule has 1 aromatic rings. The lowest BCUT2D eigenvalue weighted by Crippen LogP contribution is -2.15. The number of aryl methyl sites for hydroxylation is 1. The summed E-state index contributed by atoms with van der Waals surface area (Å²) >= 11 is 0. The molecule has 1 fully saturated rings. The normalized spacial score (nSPS) is 18.1. The van der Waals surface area contributed by atoms with Gasteiger partial charge in [0, 0.05) is 0 Å². The van der Waals surface area contributed by atoms with E-state index in [0.717, 1.165) is 12.2 Å². The Morgan fingerprint density at radius 1 is 1.12 bits per heavy atom. The third-order valence-electron chi connectivity index (χ3n) is 3.41. The van der Waals surface area contributed by atoms with Crippen LogP contribution in [0.2, 0.25) is 0 Å². The fourth-order valence-electron chi connectivity index (χ4n) is 2.39. The second-order valence-corrected chi connectivity index (χ2v) is 4.73. The average molecular weight is 218 g/mol. The third-order valence-corrected chi connectivity index (χ3v) is 3.41. The van der Waals surface area contributed by atoms with E-state index in [-0.39, 0.29) is 0 Å². The summed E-state index contributed by atoms with van der Waals surface area (Å²) in [6.07, 6.45) is 9.43. The molecule has 16 heavy (non-hydrogen) atoms. The van der Waals surface area contributed by atoms with Gasteiger partial charge in [-0.1, -0.05) is 31.9 Å². The van der Waals surface area contributed by atoms with E-state index in [2.05, 4.69) is 31.2 Å². The van der Waals surface area contributed by atoms with E-state index in [4.69, 9.17) is 4.74 Å². The summed E-state index contributed by atoms with van der Waals surface area (Å²) in [5.74, 6) is 1.06. The van der Waals surface area contributed by atoms with Crippen molar-refractivity contribution in [3.05, 3.63) is 29.8 Å². The highest BCUT2D eigenvalue weighted by molar-refractivity contribution is 5.28. The first kappa shape index (κ1) is 11.5. The van der Waals surface area contributed by atoms with Crippen LogP contribution in [0.5, 0.6) is 5.75 Å². The lowest BCUT2D eigenvalue weighted by atomic mass is 10.1. The van der Waals surface area contributed by atoms with Crippen molar-refractivity contribution in [2.45, 2.75) is 58.0 Å². The zero-order valence-electron chi connectivity index (χ0n) is 10.2. The van der Waals surface area contributed by atoms with Gasteiger partial charge >= 0.3 is 0 Å². The Bertz CT molecular complexity index is 311. The van der Waals surface area contributed by atoms with Crippen molar-refractivity contribution in [3.8, 4) is 5.75 Å². The van der Waals surface area contributed by atoms with E-state index < -0.39 is 0 Å². The molecule has 1 heteroatoms. The molecule has 0 heterocycles. The molecule has 0 spiro atoms. The van der Waals surface area contributed by atoms with Gasteiger partial charge in [-0.15, -0.1) is 0 Å². The lowest BCUT2D eigenvalue weighted by molar-refractivity contribution is 0.183. The monoisotopic (exact) mass is 218 g/mol. The molecule has 0 unspecified atom stereocenters. The van der Waals surface area contributed by atoms with Gasteiger partial charge in [0.1, 0.15) is 5.75 Å². The average Bonchev–Trinajstić information content (AvgIpc) is 2.58. The SMILES string of the molecule is CCc1cccc(OC2CCCCCC2)c1. The van der Waals surface area contributed by atoms with Crippen molar-refractivity contribution < 1.29 is 4.74 Å². The first-order chi connectivity index (χ1) is 7.88. The highest BCUT2D eigenvalue weighted by Crippen LogP contribution is 2.23. The maximum absolute atomic E-state index is 6.08. The Hall–Kier alpha value is -0.980. The molecule has 1 nitrogen and oxygen atoms in total. The van der Waals surface area contributed by atoms with E-state index in [1.54, 1.807) is 0 Å². The summed E-state index contributed by atoms with van der Waals surface area (Å²) in [5, 5.41) is 0. The molecular formula is C15H22O. The van der Waals surface area contributed by atoms with E-state index in [9.17, 15) is 0 Å². The number of rotatable bonds is 3. The van der Waals surface area contributed by atoms with Crippen LogP contribution >= 0.6 is 0 Å². The van der Waals surface area contributed by atoms with Crippen LogP contribution in [0.25, 0.3) is 0 Å². The van der Waals surface area contributed by atoms with Crippen LogP contribution < -0.4 is 4.74 Å². The summed E-state index contributed by atoms with van der Waals surface area (Å²) < 4.78 is 6.08.